The molecule has 7 heteroatoms. The van der Waals surface area contributed by atoms with E-state index < -0.39 is 18.1 Å². The molecule has 3 aromatic rings. The minimum atomic E-state index is -0.899. The number of imide groups is 1. The Morgan fingerprint density at radius 1 is 0.939 bits per heavy atom. The van der Waals surface area contributed by atoms with E-state index in [0.717, 1.165) is 26.9 Å². The molecule has 3 aromatic carbocycles. The zero-order chi connectivity index (χ0) is 23.3. The van der Waals surface area contributed by atoms with Gasteiger partial charge in [0.05, 0.1) is 29.0 Å². The molecule has 2 fully saturated rings. The lowest BCUT2D eigenvalue weighted by molar-refractivity contribution is -0.126. The summed E-state index contributed by atoms with van der Waals surface area (Å²) in [4.78, 5) is 34.7. The molecule has 2 amide bonds. The first-order valence-electron chi connectivity index (χ1n) is 10.7. The third-order valence-corrected chi connectivity index (χ3v) is 6.86. The highest BCUT2D eigenvalue weighted by atomic mass is 79.9. The van der Waals surface area contributed by atoms with Gasteiger partial charge < -0.3 is 4.74 Å². The van der Waals surface area contributed by atoms with E-state index in [4.69, 9.17) is 9.57 Å². The molecule has 0 spiro atoms. The van der Waals surface area contributed by atoms with Crippen molar-refractivity contribution in [3.63, 3.8) is 0 Å². The van der Waals surface area contributed by atoms with Crippen LogP contribution in [0.25, 0.3) is 0 Å². The number of halogens is 1. The van der Waals surface area contributed by atoms with Gasteiger partial charge >= 0.3 is 0 Å². The molecule has 0 aromatic heterocycles. The number of carbonyl (C=O) groups excluding carboxylic acids is 2. The van der Waals surface area contributed by atoms with Crippen molar-refractivity contribution in [3.05, 3.63) is 87.9 Å². The van der Waals surface area contributed by atoms with Crippen LogP contribution in [-0.2, 0) is 14.4 Å². The molecule has 0 saturated carbocycles. The van der Waals surface area contributed by atoms with E-state index in [9.17, 15) is 9.59 Å². The van der Waals surface area contributed by atoms with Gasteiger partial charge in [0.25, 0.3) is 5.91 Å². The van der Waals surface area contributed by atoms with Gasteiger partial charge in [-0.2, -0.15) is 0 Å². The third-order valence-electron chi connectivity index (χ3n) is 6.24. The summed E-state index contributed by atoms with van der Waals surface area (Å²) in [5, 5.41) is 1.69. The van der Waals surface area contributed by atoms with Gasteiger partial charge in [-0.1, -0.05) is 42.0 Å². The average Bonchev–Trinajstić information content (AvgIpc) is 3.31. The largest absolute Gasteiger partial charge is 0.496 e. The number of carbonyl (C=O) groups is 2. The van der Waals surface area contributed by atoms with Crippen molar-refractivity contribution in [2.75, 3.05) is 17.1 Å². The second-order valence-corrected chi connectivity index (χ2v) is 9.21. The molecule has 6 nitrogen and oxygen atoms in total. The number of para-hydroxylation sites is 1. The molecule has 2 aliphatic rings. The highest BCUT2D eigenvalue weighted by molar-refractivity contribution is 9.10. The lowest BCUT2D eigenvalue weighted by Gasteiger charge is -2.29. The van der Waals surface area contributed by atoms with E-state index in [0.29, 0.717) is 11.4 Å². The Labute approximate surface area is 200 Å². The average molecular weight is 507 g/mol. The number of anilines is 2. The molecular formula is C26H23BrN2O4. The highest BCUT2D eigenvalue weighted by Crippen LogP contribution is 2.48. The first-order valence-corrected chi connectivity index (χ1v) is 11.5. The van der Waals surface area contributed by atoms with Crippen molar-refractivity contribution in [3.8, 4) is 5.75 Å². The van der Waals surface area contributed by atoms with E-state index in [1.807, 2.05) is 80.6 Å². The molecule has 0 bridgehead atoms. The first-order chi connectivity index (χ1) is 15.9. The minimum absolute atomic E-state index is 0.257. The first kappa shape index (κ1) is 21.7. The van der Waals surface area contributed by atoms with Crippen LogP contribution in [0, 0.1) is 19.8 Å². The second-order valence-electron chi connectivity index (χ2n) is 8.35. The quantitative estimate of drug-likeness (QED) is 0.459. The number of hydrogen-bond acceptors (Lipinski definition) is 5. The summed E-state index contributed by atoms with van der Waals surface area (Å²) in [5.74, 6) is -0.592. The topological polar surface area (TPSA) is 59.1 Å². The van der Waals surface area contributed by atoms with Gasteiger partial charge in [-0.05, 0) is 71.2 Å². The Kier molecular flexibility index (Phi) is 5.46. The number of benzene rings is 3. The minimum Gasteiger partial charge on any atom is -0.496 e. The summed E-state index contributed by atoms with van der Waals surface area (Å²) in [6, 6.07) is 20.4. The van der Waals surface area contributed by atoms with Crippen molar-refractivity contribution in [2.45, 2.75) is 26.0 Å². The summed E-state index contributed by atoms with van der Waals surface area (Å²) in [6.07, 6.45) is -0.899. The van der Waals surface area contributed by atoms with Gasteiger partial charge in [-0.25, -0.2) is 9.96 Å². The molecule has 2 heterocycles. The van der Waals surface area contributed by atoms with E-state index in [2.05, 4.69) is 15.9 Å². The Morgan fingerprint density at radius 3 is 2.36 bits per heavy atom. The molecule has 0 unspecified atom stereocenters. The number of methoxy groups -OCH3 is 1. The zero-order valence-corrected chi connectivity index (χ0v) is 20.1. The molecular weight excluding hydrogens is 484 g/mol. The van der Waals surface area contributed by atoms with Crippen LogP contribution >= 0.6 is 15.9 Å². The van der Waals surface area contributed by atoms with Crippen LogP contribution in [0.5, 0.6) is 5.75 Å². The second kappa shape index (κ2) is 8.32. The Morgan fingerprint density at radius 2 is 1.70 bits per heavy atom. The van der Waals surface area contributed by atoms with Crippen molar-refractivity contribution in [1.29, 1.82) is 0 Å². The summed E-state index contributed by atoms with van der Waals surface area (Å²) < 4.78 is 6.14. The van der Waals surface area contributed by atoms with Crippen LogP contribution < -0.4 is 14.7 Å². The van der Waals surface area contributed by atoms with E-state index in [1.165, 1.54) is 4.90 Å². The van der Waals surface area contributed by atoms with Crippen LogP contribution in [0.4, 0.5) is 11.4 Å². The van der Waals surface area contributed by atoms with Crippen molar-refractivity contribution in [2.24, 2.45) is 5.92 Å². The van der Waals surface area contributed by atoms with Crippen molar-refractivity contribution < 1.29 is 19.2 Å². The SMILES string of the molecule is COc1ccc([C@@H]2[C@@H]3C(=O)N(c4ccc(C)cc4C)C(=O)[C@@H]3ON2c2ccccc2)cc1Br. The molecule has 0 N–H and O–H groups in total. The predicted octanol–water partition coefficient (Wildman–Crippen LogP) is 5.13. The number of hydroxylamine groups is 1. The standard InChI is InChI=1S/C26H23BrN2O4/c1-15-9-11-20(16(2)13-15)28-25(30)22-23(17-10-12-21(32-3)19(27)14-17)29(33-24(22)26(28)31)18-7-5-4-6-8-18/h4-14,22-24H,1-3H3/t22-,23+,24+/m0/s1. The van der Waals surface area contributed by atoms with Crippen LogP contribution in [-0.4, -0.2) is 25.0 Å². The Bertz CT molecular complexity index is 1250. The fourth-order valence-corrected chi connectivity index (χ4v) is 5.27. The molecule has 3 atom stereocenters. The van der Waals surface area contributed by atoms with Crippen molar-refractivity contribution >= 4 is 39.1 Å². The van der Waals surface area contributed by atoms with Gasteiger partial charge in [0.1, 0.15) is 11.7 Å². The highest BCUT2D eigenvalue weighted by Gasteiger charge is 2.60. The molecule has 168 valence electrons. The predicted molar refractivity (Wildman–Crippen MR) is 129 cm³/mol. The Hall–Kier alpha value is -3.16. The lowest BCUT2D eigenvalue weighted by Crippen LogP contribution is -2.37. The third kappa shape index (κ3) is 3.52. The molecule has 5 rings (SSSR count). The van der Waals surface area contributed by atoms with E-state index in [-0.39, 0.29) is 11.8 Å². The monoisotopic (exact) mass is 506 g/mol. The maximum Gasteiger partial charge on any atom is 0.266 e. The fourth-order valence-electron chi connectivity index (χ4n) is 4.71. The van der Waals surface area contributed by atoms with E-state index in [1.54, 1.807) is 12.2 Å². The maximum atomic E-state index is 13.8. The van der Waals surface area contributed by atoms with Gasteiger partial charge in [0, 0.05) is 0 Å². The van der Waals surface area contributed by atoms with Crippen LogP contribution in [0.3, 0.4) is 0 Å². The molecule has 0 aliphatic carbocycles. The normalized spacial score (nSPS) is 22.1. The number of hydrogen-bond donors (Lipinski definition) is 0. The smallest absolute Gasteiger partial charge is 0.266 e. The Balaban J connectivity index is 1.60. The summed E-state index contributed by atoms with van der Waals surface area (Å²) in [6.45, 7) is 3.89. The number of ether oxygens (including phenoxy) is 1. The lowest BCUT2D eigenvalue weighted by atomic mass is 9.90. The maximum absolute atomic E-state index is 13.8. The molecule has 2 saturated heterocycles. The van der Waals surface area contributed by atoms with Crippen LogP contribution in [0.15, 0.2) is 71.2 Å². The number of amides is 2. The summed E-state index contributed by atoms with van der Waals surface area (Å²) in [5.41, 5.74) is 4.18. The van der Waals surface area contributed by atoms with Gasteiger partial charge in [-0.15, -0.1) is 0 Å². The molecule has 2 aliphatic heterocycles. The molecule has 0 radical (unpaired) electrons. The number of fused-ring (bicyclic) bond motifs is 1. The summed E-state index contributed by atoms with van der Waals surface area (Å²) >= 11 is 3.55. The number of nitrogens with zero attached hydrogens (tertiary/aromatic N) is 2. The number of rotatable bonds is 4. The van der Waals surface area contributed by atoms with Crippen LogP contribution in [0.1, 0.15) is 22.7 Å². The van der Waals surface area contributed by atoms with Gasteiger partial charge in [0.2, 0.25) is 5.91 Å². The summed E-state index contributed by atoms with van der Waals surface area (Å²) in [7, 11) is 1.60. The van der Waals surface area contributed by atoms with Crippen LogP contribution in [0.2, 0.25) is 0 Å². The van der Waals surface area contributed by atoms with E-state index >= 15 is 0 Å². The van der Waals surface area contributed by atoms with Gasteiger partial charge in [0.15, 0.2) is 6.10 Å². The zero-order valence-electron chi connectivity index (χ0n) is 18.5. The molecule has 33 heavy (non-hydrogen) atoms. The van der Waals surface area contributed by atoms with Crippen molar-refractivity contribution in [1.82, 2.24) is 0 Å². The number of aryl methyl sites for hydroxylation is 2. The fraction of sp³-hybridized carbons (Fsp3) is 0.231. The van der Waals surface area contributed by atoms with Gasteiger partial charge in [-0.3, -0.25) is 14.4 Å².